The lowest BCUT2D eigenvalue weighted by Crippen LogP contribution is -2.05. The fourth-order valence-corrected chi connectivity index (χ4v) is 2.16. The molecule has 1 aromatic heterocycles. The maximum absolute atomic E-state index is 4.35. The molecule has 4 nitrogen and oxygen atoms in total. The number of hydrogen-bond acceptors (Lipinski definition) is 4. The van der Waals surface area contributed by atoms with Crippen LogP contribution in [-0.2, 0) is 6.42 Å². The molecule has 1 aromatic carbocycles. The molecule has 0 amide bonds. The second-order valence-electron chi connectivity index (χ2n) is 4.18. The highest BCUT2D eigenvalue weighted by Crippen LogP contribution is 2.25. The molecule has 0 atom stereocenters. The van der Waals surface area contributed by atoms with E-state index in [1.165, 1.54) is 0 Å². The van der Waals surface area contributed by atoms with Crippen LogP contribution in [0.4, 0.5) is 17.3 Å². The smallest absolute Gasteiger partial charge is 0.139 e. The number of nitrogens with zero attached hydrogens (tertiary/aromatic N) is 2. The van der Waals surface area contributed by atoms with Crippen LogP contribution in [0, 0.1) is 0 Å². The van der Waals surface area contributed by atoms with Gasteiger partial charge in [0.15, 0.2) is 0 Å². The molecule has 1 heterocycles. The summed E-state index contributed by atoms with van der Waals surface area (Å²) in [5, 5.41) is 6.46. The van der Waals surface area contributed by atoms with Crippen LogP contribution in [0.2, 0.25) is 0 Å². The van der Waals surface area contributed by atoms with Crippen molar-refractivity contribution in [3.8, 4) is 0 Å². The highest BCUT2D eigenvalue weighted by Gasteiger charge is 2.09. The van der Waals surface area contributed by atoms with Gasteiger partial charge in [-0.2, -0.15) is 0 Å². The Labute approximate surface area is 121 Å². The first kappa shape index (κ1) is 13.8. The van der Waals surface area contributed by atoms with E-state index in [1.807, 2.05) is 31.3 Å². The van der Waals surface area contributed by atoms with Crippen molar-refractivity contribution in [2.45, 2.75) is 19.8 Å². The number of rotatable bonds is 5. The molecule has 0 aliphatic carbocycles. The standard InChI is InChI=1S/C14H17BrN4/c1-3-4-12-13(16-2)17-9-18-14(12)19-11-7-5-10(15)6-8-11/h5-9H,3-4H2,1-2H3,(H2,16,17,18,19). The van der Waals surface area contributed by atoms with Crippen molar-refractivity contribution in [3.05, 3.63) is 40.6 Å². The van der Waals surface area contributed by atoms with Crippen LogP contribution in [-0.4, -0.2) is 17.0 Å². The van der Waals surface area contributed by atoms with Gasteiger partial charge in [-0.1, -0.05) is 29.3 Å². The van der Waals surface area contributed by atoms with Gasteiger partial charge in [-0.25, -0.2) is 9.97 Å². The van der Waals surface area contributed by atoms with Gasteiger partial charge in [0.1, 0.15) is 18.0 Å². The summed E-state index contributed by atoms with van der Waals surface area (Å²) in [7, 11) is 1.88. The fourth-order valence-electron chi connectivity index (χ4n) is 1.89. The van der Waals surface area contributed by atoms with Gasteiger partial charge in [0.25, 0.3) is 0 Å². The van der Waals surface area contributed by atoms with Crippen molar-refractivity contribution in [1.82, 2.24) is 9.97 Å². The number of anilines is 3. The minimum atomic E-state index is 0.864. The van der Waals surface area contributed by atoms with Gasteiger partial charge in [-0.05, 0) is 30.7 Å². The molecule has 5 heteroatoms. The third-order valence-electron chi connectivity index (χ3n) is 2.79. The molecule has 0 bridgehead atoms. The van der Waals surface area contributed by atoms with E-state index in [-0.39, 0.29) is 0 Å². The summed E-state index contributed by atoms with van der Waals surface area (Å²) in [6, 6.07) is 8.03. The molecule has 2 rings (SSSR count). The molecule has 19 heavy (non-hydrogen) atoms. The largest absolute Gasteiger partial charge is 0.373 e. The topological polar surface area (TPSA) is 49.8 Å². The lowest BCUT2D eigenvalue weighted by molar-refractivity contribution is 0.905. The Morgan fingerprint density at radius 2 is 1.79 bits per heavy atom. The summed E-state index contributed by atoms with van der Waals surface area (Å²) in [4.78, 5) is 8.61. The van der Waals surface area contributed by atoms with Crippen molar-refractivity contribution in [3.63, 3.8) is 0 Å². The number of aromatic nitrogens is 2. The van der Waals surface area contributed by atoms with Crippen molar-refractivity contribution in [1.29, 1.82) is 0 Å². The van der Waals surface area contributed by atoms with Gasteiger partial charge >= 0.3 is 0 Å². The summed E-state index contributed by atoms with van der Waals surface area (Å²) in [6.45, 7) is 2.15. The number of hydrogen-bond donors (Lipinski definition) is 2. The summed E-state index contributed by atoms with van der Waals surface area (Å²) in [5.41, 5.74) is 2.14. The Morgan fingerprint density at radius 3 is 2.42 bits per heavy atom. The molecule has 2 aromatic rings. The van der Waals surface area contributed by atoms with Crippen molar-refractivity contribution in [2.24, 2.45) is 0 Å². The van der Waals surface area contributed by atoms with Crippen molar-refractivity contribution >= 4 is 33.3 Å². The van der Waals surface area contributed by atoms with Gasteiger partial charge in [0.2, 0.25) is 0 Å². The van der Waals surface area contributed by atoms with Crippen LogP contribution < -0.4 is 10.6 Å². The predicted molar refractivity (Wildman–Crippen MR) is 83.0 cm³/mol. The molecular weight excluding hydrogens is 304 g/mol. The Hall–Kier alpha value is -1.62. The van der Waals surface area contributed by atoms with Gasteiger partial charge in [0, 0.05) is 22.8 Å². The second-order valence-corrected chi connectivity index (χ2v) is 5.10. The van der Waals surface area contributed by atoms with Gasteiger partial charge in [-0.15, -0.1) is 0 Å². The molecule has 0 aliphatic rings. The van der Waals surface area contributed by atoms with Crippen LogP contribution >= 0.6 is 15.9 Å². The molecule has 0 fully saturated rings. The molecule has 0 spiro atoms. The van der Waals surface area contributed by atoms with E-state index in [0.717, 1.165) is 40.2 Å². The number of nitrogens with one attached hydrogen (secondary N) is 2. The van der Waals surface area contributed by atoms with Crippen LogP contribution in [0.3, 0.4) is 0 Å². The normalized spacial score (nSPS) is 10.3. The molecule has 0 radical (unpaired) electrons. The first-order valence-corrected chi connectivity index (χ1v) is 7.08. The van der Waals surface area contributed by atoms with E-state index in [9.17, 15) is 0 Å². The highest BCUT2D eigenvalue weighted by molar-refractivity contribution is 9.10. The molecule has 0 aliphatic heterocycles. The maximum atomic E-state index is 4.35. The Bertz CT molecular complexity index is 540. The van der Waals surface area contributed by atoms with E-state index in [2.05, 4.69) is 43.5 Å². The minimum Gasteiger partial charge on any atom is -0.373 e. The molecule has 0 saturated heterocycles. The van der Waals surface area contributed by atoms with Gasteiger partial charge < -0.3 is 10.6 Å². The van der Waals surface area contributed by atoms with E-state index in [4.69, 9.17) is 0 Å². The zero-order chi connectivity index (χ0) is 13.7. The molecular formula is C14H17BrN4. The van der Waals surface area contributed by atoms with Crippen molar-refractivity contribution < 1.29 is 0 Å². The fraction of sp³-hybridized carbons (Fsp3) is 0.286. The van der Waals surface area contributed by atoms with E-state index in [0.29, 0.717) is 0 Å². The molecule has 100 valence electrons. The predicted octanol–water partition coefficient (Wildman–Crippen LogP) is 3.98. The SMILES string of the molecule is CCCc1c(NC)ncnc1Nc1ccc(Br)cc1. The van der Waals surface area contributed by atoms with Crippen LogP contribution in [0.1, 0.15) is 18.9 Å². The monoisotopic (exact) mass is 320 g/mol. The van der Waals surface area contributed by atoms with E-state index < -0.39 is 0 Å². The van der Waals surface area contributed by atoms with Crippen LogP contribution in [0.5, 0.6) is 0 Å². The molecule has 0 saturated carbocycles. The van der Waals surface area contributed by atoms with Gasteiger partial charge in [0.05, 0.1) is 0 Å². The average molecular weight is 321 g/mol. The highest BCUT2D eigenvalue weighted by atomic mass is 79.9. The Morgan fingerprint density at radius 1 is 1.11 bits per heavy atom. The van der Waals surface area contributed by atoms with Gasteiger partial charge in [-0.3, -0.25) is 0 Å². The van der Waals surface area contributed by atoms with E-state index in [1.54, 1.807) is 6.33 Å². The first-order chi connectivity index (χ1) is 9.24. The summed E-state index contributed by atoms with van der Waals surface area (Å²) < 4.78 is 1.06. The van der Waals surface area contributed by atoms with E-state index >= 15 is 0 Å². The first-order valence-electron chi connectivity index (χ1n) is 6.28. The zero-order valence-corrected chi connectivity index (χ0v) is 12.7. The molecule has 2 N–H and O–H groups in total. The van der Waals surface area contributed by atoms with Crippen LogP contribution in [0.25, 0.3) is 0 Å². The van der Waals surface area contributed by atoms with Crippen LogP contribution in [0.15, 0.2) is 35.1 Å². The van der Waals surface area contributed by atoms with Crippen molar-refractivity contribution in [2.75, 3.05) is 17.7 Å². The minimum absolute atomic E-state index is 0.864. The summed E-state index contributed by atoms with van der Waals surface area (Å²) in [6.07, 6.45) is 3.57. The number of benzene rings is 1. The average Bonchev–Trinajstić information content (AvgIpc) is 2.43. The third kappa shape index (κ3) is 3.44. The quantitative estimate of drug-likeness (QED) is 0.875. The Balaban J connectivity index is 2.30. The maximum Gasteiger partial charge on any atom is 0.139 e. The summed E-state index contributed by atoms with van der Waals surface area (Å²) >= 11 is 3.43. The Kier molecular flexibility index (Phi) is 4.74. The lowest BCUT2D eigenvalue weighted by atomic mass is 10.1. The number of halogens is 1. The molecule has 0 unspecified atom stereocenters. The third-order valence-corrected chi connectivity index (χ3v) is 3.32. The summed E-state index contributed by atoms with van der Waals surface area (Å²) in [5.74, 6) is 1.75. The second kappa shape index (κ2) is 6.52. The zero-order valence-electron chi connectivity index (χ0n) is 11.1. The lowest BCUT2D eigenvalue weighted by Gasteiger charge is -2.13.